The van der Waals surface area contributed by atoms with Crippen LogP contribution in [-0.4, -0.2) is 37.0 Å². The van der Waals surface area contributed by atoms with E-state index in [9.17, 15) is 18.0 Å². The van der Waals surface area contributed by atoms with Crippen LogP contribution in [0.2, 0.25) is 0 Å². The fourth-order valence-electron chi connectivity index (χ4n) is 3.01. The van der Waals surface area contributed by atoms with E-state index in [2.05, 4.69) is 41.0 Å². The number of fused-ring (bicyclic) bond motifs is 1. The average molecular weight is 446 g/mol. The summed E-state index contributed by atoms with van der Waals surface area (Å²) in [4.78, 5) is 27.5. The molecule has 0 unspecified atom stereocenters. The fraction of sp³-hybridized carbons (Fsp3) is 0.222. The molecule has 0 atom stereocenters. The lowest BCUT2D eigenvalue weighted by molar-refractivity contribution is -0.144. The Bertz CT molecular complexity index is 1220. The van der Waals surface area contributed by atoms with E-state index in [1.165, 1.54) is 12.4 Å². The molecule has 3 aromatic rings. The van der Waals surface area contributed by atoms with Crippen LogP contribution in [0.4, 0.5) is 42.1 Å². The maximum atomic E-state index is 12.7. The zero-order chi connectivity index (χ0) is 23.1. The first-order chi connectivity index (χ1) is 15.0. The first-order valence-electron chi connectivity index (χ1n) is 9.19. The maximum absolute atomic E-state index is 12.7. The van der Waals surface area contributed by atoms with E-state index in [0.29, 0.717) is 11.4 Å². The number of alkyl halides is 3. The number of amides is 1. The second-order valence-electron chi connectivity index (χ2n) is 7.32. The number of aromatic nitrogens is 5. The van der Waals surface area contributed by atoms with Crippen LogP contribution in [0.15, 0.2) is 35.6 Å². The van der Waals surface area contributed by atoms with Crippen LogP contribution in [-0.2, 0) is 16.4 Å². The molecule has 0 spiro atoms. The molecule has 11 nitrogen and oxygen atoms in total. The number of aliphatic imine (C=N–C) groups is 1. The van der Waals surface area contributed by atoms with Gasteiger partial charge in [-0.2, -0.15) is 23.1 Å². The van der Waals surface area contributed by atoms with Gasteiger partial charge < -0.3 is 21.7 Å². The number of carbonyl (C=O) groups excluding carboxylic acids is 1. The van der Waals surface area contributed by atoms with Crippen LogP contribution < -0.4 is 21.7 Å². The summed E-state index contributed by atoms with van der Waals surface area (Å²) in [6.45, 7) is 3.65. The van der Waals surface area contributed by atoms with Gasteiger partial charge >= 0.3 is 6.18 Å². The molecule has 3 heterocycles. The van der Waals surface area contributed by atoms with Crippen LogP contribution in [0.1, 0.15) is 25.2 Å². The summed E-state index contributed by atoms with van der Waals surface area (Å²) < 4.78 is 38.1. The molecule has 1 aliphatic heterocycles. The van der Waals surface area contributed by atoms with Crippen molar-refractivity contribution in [2.75, 3.05) is 16.0 Å². The van der Waals surface area contributed by atoms with Crippen molar-refractivity contribution >= 4 is 40.8 Å². The summed E-state index contributed by atoms with van der Waals surface area (Å²) in [7, 11) is 0. The molecule has 4 rings (SSSR count). The van der Waals surface area contributed by atoms with E-state index in [0.717, 1.165) is 5.56 Å². The number of aromatic amines is 1. The Morgan fingerprint density at radius 2 is 1.97 bits per heavy atom. The van der Waals surface area contributed by atoms with Gasteiger partial charge in [0.15, 0.2) is 17.6 Å². The summed E-state index contributed by atoms with van der Waals surface area (Å²) in [6, 6.07) is 5.26. The van der Waals surface area contributed by atoms with Crippen LogP contribution in [0, 0.1) is 0 Å². The number of nitrogens with zero attached hydrogens (tertiary/aromatic N) is 5. The van der Waals surface area contributed by atoms with Gasteiger partial charge in [0, 0.05) is 23.8 Å². The lowest BCUT2D eigenvalue weighted by atomic mass is 9.86. The minimum absolute atomic E-state index is 0.00654. The van der Waals surface area contributed by atoms with Crippen molar-refractivity contribution in [2.45, 2.75) is 25.4 Å². The Hall–Kier alpha value is -4.23. The van der Waals surface area contributed by atoms with Crippen molar-refractivity contribution in [2.24, 2.45) is 10.7 Å². The average Bonchev–Trinajstić information content (AvgIpc) is 3.26. The number of hydrogen-bond donors (Lipinski definition) is 5. The number of nitrogens with one attached hydrogen (secondary N) is 4. The number of H-pyrrole nitrogens is 1. The third-order valence-electron chi connectivity index (χ3n) is 4.67. The Balaban J connectivity index is 1.53. The zero-order valence-corrected chi connectivity index (χ0v) is 16.7. The van der Waals surface area contributed by atoms with E-state index >= 15 is 0 Å². The quantitative estimate of drug-likeness (QED) is 0.302. The van der Waals surface area contributed by atoms with E-state index in [1.807, 2.05) is 13.8 Å². The normalized spacial score (nSPS) is 15.3. The van der Waals surface area contributed by atoms with Gasteiger partial charge in [0.05, 0.1) is 5.41 Å². The van der Waals surface area contributed by atoms with E-state index < -0.39 is 17.4 Å². The molecule has 6 N–H and O–H groups in total. The minimum atomic E-state index is -4.67. The molecule has 0 saturated carbocycles. The standard InChI is InChI=1S/C18H17F3N10O/c1-17(2)9-4-3-8(7-10(9)26-14(17)32)25-15(22)27-11-12(24-6-5-23-11)28-16-29-13(30-31-16)18(19,20)21/h3-7H,1-2H3,(H,26,32)(H3,22,23,25,27)(H2,24,28,29,30,31). The van der Waals surface area contributed by atoms with Crippen molar-refractivity contribution in [3.8, 4) is 0 Å². The summed E-state index contributed by atoms with van der Waals surface area (Å²) in [6.07, 6.45) is -2.02. The number of rotatable bonds is 4. The van der Waals surface area contributed by atoms with Crippen LogP contribution >= 0.6 is 0 Å². The van der Waals surface area contributed by atoms with Gasteiger partial charge in [0.1, 0.15) is 0 Å². The van der Waals surface area contributed by atoms with Gasteiger partial charge in [0.2, 0.25) is 17.7 Å². The predicted octanol–water partition coefficient (Wildman–Crippen LogP) is 2.65. The zero-order valence-electron chi connectivity index (χ0n) is 16.7. The van der Waals surface area contributed by atoms with Gasteiger partial charge in [0.25, 0.3) is 0 Å². The molecule has 1 aromatic carbocycles. The molecule has 2 aromatic heterocycles. The molecule has 1 aliphatic rings. The van der Waals surface area contributed by atoms with Crippen molar-refractivity contribution in [1.29, 1.82) is 0 Å². The molecule has 32 heavy (non-hydrogen) atoms. The van der Waals surface area contributed by atoms with Crippen LogP contribution in [0.5, 0.6) is 0 Å². The van der Waals surface area contributed by atoms with Gasteiger partial charge in [-0.15, -0.1) is 5.10 Å². The van der Waals surface area contributed by atoms with Gasteiger partial charge in [-0.25, -0.2) is 9.97 Å². The van der Waals surface area contributed by atoms with E-state index in [4.69, 9.17) is 5.73 Å². The molecule has 1 amide bonds. The predicted molar refractivity (Wildman–Crippen MR) is 110 cm³/mol. The number of guanidine groups is 1. The second-order valence-corrected chi connectivity index (χ2v) is 7.32. The molecular formula is C18H17F3N10O. The number of anilines is 4. The summed E-state index contributed by atoms with van der Waals surface area (Å²) in [5.74, 6) is -1.82. The molecule has 0 bridgehead atoms. The topological polar surface area (TPSA) is 159 Å². The molecule has 0 aliphatic carbocycles. The summed E-state index contributed by atoms with van der Waals surface area (Å²) in [5, 5.41) is 13.4. The number of carbonyl (C=O) groups is 1. The molecule has 0 saturated heterocycles. The lowest BCUT2D eigenvalue weighted by Crippen LogP contribution is -2.26. The molecule has 14 heteroatoms. The van der Waals surface area contributed by atoms with Gasteiger partial charge in [-0.3, -0.25) is 9.89 Å². The molecule has 0 radical (unpaired) electrons. The van der Waals surface area contributed by atoms with Crippen molar-refractivity contribution in [1.82, 2.24) is 25.1 Å². The van der Waals surface area contributed by atoms with Gasteiger partial charge in [-0.1, -0.05) is 6.07 Å². The first-order valence-corrected chi connectivity index (χ1v) is 9.19. The smallest absolute Gasteiger partial charge is 0.369 e. The van der Waals surface area contributed by atoms with Crippen molar-refractivity contribution in [3.05, 3.63) is 42.0 Å². The minimum Gasteiger partial charge on any atom is -0.369 e. The Kier molecular flexibility index (Phi) is 4.91. The lowest BCUT2D eigenvalue weighted by Gasteiger charge is -2.15. The van der Waals surface area contributed by atoms with Gasteiger partial charge in [-0.05, 0) is 31.5 Å². The van der Waals surface area contributed by atoms with Crippen molar-refractivity contribution in [3.63, 3.8) is 0 Å². The number of benzene rings is 1. The van der Waals surface area contributed by atoms with Crippen LogP contribution in [0.3, 0.4) is 0 Å². The highest BCUT2D eigenvalue weighted by Crippen LogP contribution is 2.38. The summed E-state index contributed by atoms with van der Waals surface area (Å²) >= 11 is 0. The maximum Gasteiger partial charge on any atom is 0.451 e. The second kappa shape index (κ2) is 7.47. The fourth-order valence-corrected chi connectivity index (χ4v) is 3.01. The SMILES string of the molecule is CC1(C)C(=O)Nc2cc(NC(N)=Nc3nccnc3Nc3n[nH]c(C(F)(F)F)n3)ccc21. The van der Waals surface area contributed by atoms with Crippen molar-refractivity contribution < 1.29 is 18.0 Å². The third-order valence-corrected chi connectivity index (χ3v) is 4.67. The Morgan fingerprint density at radius 1 is 1.22 bits per heavy atom. The highest BCUT2D eigenvalue weighted by atomic mass is 19.4. The Labute approximate surface area is 178 Å². The molecule has 166 valence electrons. The highest BCUT2D eigenvalue weighted by Gasteiger charge is 2.38. The number of nitrogens with two attached hydrogens (primary N) is 1. The third kappa shape index (κ3) is 4.01. The summed E-state index contributed by atoms with van der Waals surface area (Å²) in [5.41, 5.74) is 7.39. The molecule has 0 fully saturated rings. The van der Waals surface area contributed by atoms with E-state index in [1.54, 1.807) is 23.3 Å². The first kappa shape index (κ1) is 21.0. The number of halogens is 3. The largest absolute Gasteiger partial charge is 0.451 e. The number of hydrogen-bond acceptors (Lipinski definition) is 7. The highest BCUT2D eigenvalue weighted by molar-refractivity contribution is 6.06. The molecular weight excluding hydrogens is 429 g/mol. The van der Waals surface area contributed by atoms with Crippen LogP contribution in [0.25, 0.3) is 0 Å². The monoisotopic (exact) mass is 446 g/mol. The Morgan fingerprint density at radius 3 is 2.69 bits per heavy atom. The van der Waals surface area contributed by atoms with E-state index in [-0.39, 0.29) is 29.5 Å².